The van der Waals surface area contributed by atoms with Gasteiger partial charge in [-0.15, -0.1) is 0 Å². The normalized spacial score (nSPS) is 31.4. The van der Waals surface area contributed by atoms with Gasteiger partial charge in [0.15, 0.2) is 11.9 Å². The predicted molar refractivity (Wildman–Crippen MR) is 121 cm³/mol. The fraction of sp³-hybridized carbons (Fsp3) is 0.520. The number of aliphatic hydroxyl groups is 3. The molecular formula is C25H36O6. The first-order valence-electron chi connectivity index (χ1n) is 10.4. The number of esters is 1. The van der Waals surface area contributed by atoms with Crippen molar-refractivity contribution < 1.29 is 29.6 Å². The van der Waals surface area contributed by atoms with Crippen molar-refractivity contribution in [2.75, 3.05) is 6.61 Å². The number of hydrogen-bond acceptors (Lipinski definition) is 6. The molecule has 0 heterocycles. The summed E-state index contributed by atoms with van der Waals surface area (Å²) in [6.07, 6.45) is 8.63. The van der Waals surface area contributed by atoms with Gasteiger partial charge in [0.05, 0.1) is 12.7 Å². The molecule has 1 aliphatic carbocycles. The van der Waals surface area contributed by atoms with Crippen LogP contribution in [0.15, 0.2) is 59.8 Å². The van der Waals surface area contributed by atoms with Crippen molar-refractivity contribution in [2.24, 2.45) is 5.41 Å². The topological polar surface area (TPSA) is 104 Å². The standard InChI is InChI=1S/C25H36O6/c1-17(2)15-23(29)31-22-10-13-24(5,12-8-20(27)18(3)4)11-7-19(16-26)21(28)9-14-25(22,6)30/h7,9-10,13-15,20,22,26-27,30H,3,8,11-12,16H2,1-2,4-6H3/b13-10-,14-9-,19-7-/t20-,22-,24-,25-/m1/s1. The van der Waals surface area contributed by atoms with Gasteiger partial charge in [-0.1, -0.05) is 36.8 Å². The SMILES string of the molecule is C=C(C)[C@H](O)CC[C@]1(C)/C=C\[C@@H](OC(=O)C=C(C)C)[C@](C)(O)/C=C\C(=O)/C(CO)=C\C1. The maximum atomic E-state index is 12.5. The average molecular weight is 433 g/mol. The van der Waals surface area contributed by atoms with Crippen LogP contribution in [-0.2, 0) is 14.3 Å². The molecule has 172 valence electrons. The quantitative estimate of drug-likeness (QED) is 0.324. The van der Waals surface area contributed by atoms with E-state index < -0.39 is 41.6 Å². The molecule has 0 spiro atoms. The predicted octanol–water partition coefficient (Wildman–Crippen LogP) is 3.34. The Labute approximate surface area is 185 Å². The number of aliphatic hydroxyl groups excluding tert-OH is 2. The molecule has 0 radical (unpaired) electrons. The van der Waals surface area contributed by atoms with E-state index in [1.807, 2.05) is 13.0 Å². The van der Waals surface area contributed by atoms with Gasteiger partial charge in [0.25, 0.3) is 0 Å². The van der Waals surface area contributed by atoms with Gasteiger partial charge in [-0.05, 0) is 70.6 Å². The molecule has 3 N–H and O–H groups in total. The van der Waals surface area contributed by atoms with Gasteiger partial charge in [0.2, 0.25) is 0 Å². The minimum Gasteiger partial charge on any atom is -0.452 e. The van der Waals surface area contributed by atoms with E-state index in [1.54, 1.807) is 32.9 Å². The third kappa shape index (κ3) is 8.77. The van der Waals surface area contributed by atoms with Gasteiger partial charge in [0, 0.05) is 11.6 Å². The van der Waals surface area contributed by atoms with Crippen LogP contribution in [0.4, 0.5) is 0 Å². The summed E-state index contributed by atoms with van der Waals surface area (Å²) >= 11 is 0. The number of ketones is 1. The molecule has 1 aliphatic rings. The van der Waals surface area contributed by atoms with Crippen LogP contribution in [0.5, 0.6) is 0 Å². The lowest BCUT2D eigenvalue weighted by atomic mass is 9.79. The summed E-state index contributed by atoms with van der Waals surface area (Å²) in [7, 11) is 0. The molecule has 6 heteroatoms. The molecule has 0 unspecified atom stereocenters. The van der Waals surface area contributed by atoms with Crippen molar-refractivity contribution >= 4 is 11.8 Å². The van der Waals surface area contributed by atoms with Crippen molar-refractivity contribution in [3.63, 3.8) is 0 Å². The molecule has 0 aromatic carbocycles. The molecule has 0 saturated heterocycles. The molecule has 6 nitrogen and oxygen atoms in total. The van der Waals surface area contributed by atoms with Gasteiger partial charge in [-0.25, -0.2) is 4.79 Å². The smallest absolute Gasteiger partial charge is 0.331 e. The highest BCUT2D eigenvalue weighted by atomic mass is 16.6. The molecule has 31 heavy (non-hydrogen) atoms. The second-order valence-corrected chi connectivity index (χ2v) is 9.01. The molecule has 0 aromatic heterocycles. The zero-order valence-electron chi connectivity index (χ0n) is 19.2. The summed E-state index contributed by atoms with van der Waals surface area (Å²) in [6.45, 7) is 12.0. The van der Waals surface area contributed by atoms with Crippen LogP contribution in [0.25, 0.3) is 0 Å². The summed E-state index contributed by atoms with van der Waals surface area (Å²) in [5, 5.41) is 30.7. The van der Waals surface area contributed by atoms with E-state index in [0.717, 1.165) is 5.57 Å². The second-order valence-electron chi connectivity index (χ2n) is 9.01. The molecule has 4 atom stereocenters. The Kier molecular flexibility index (Phi) is 9.81. The monoisotopic (exact) mass is 432 g/mol. The highest BCUT2D eigenvalue weighted by Crippen LogP contribution is 2.33. The number of allylic oxidation sites excluding steroid dienone is 4. The number of rotatable bonds is 7. The van der Waals surface area contributed by atoms with E-state index in [0.29, 0.717) is 24.8 Å². The molecule has 0 aliphatic heterocycles. The molecule has 0 saturated carbocycles. The molecule has 0 aromatic rings. The van der Waals surface area contributed by atoms with E-state index in [9.17, 15) is 24.9 Å². The van der Waals surface area contributed by atoms with Crippen LogP contribution in [0.3, 0.4) is 0 Å². The van der Waals surface area contributed by atoms with Crippen LogP contribution in [0.1, 0.15) is 53.9 Å². The van der Waals surface area contributed by atoms with E-state index in [2.05, 4.69) is 6.58 Å². The van der Waals surface area contributed by atoms with E-state index >= 15 is 0 Å². The first-order valence-corrected chi connectivity index (χ1v) is 10.4. The molecule has 0 fully saturated rings. The fourth-order valence-electron chi connectivity index (χ4n) is 3.08. The zero-order chi connectivity index (χ0) is 23.8. The first kappa shape index (κ1) is 26.8. The second kappa shape index (κ2) is 11.4. The Morgan fingerprint density at radius 2 is 1.97 bits per heavy atom. The Morgan fingerprint density at radius 3 is 2.52 bits per heavy atom. The van der Waals surface area contributed by atoms with Crippen LogP contribution >= 0.6 is 0 Å². The maximum absolute atomic E-state index is 12.5. The largest absolute Gasteiger partial charge is 0.452 e. The molecule has 0 bridgehead atoms. The van der Waals surface area contributed by atoms with Gasteiger partial charge < -0.3 is 20.1 Å². The number of carbonyl (C=O) groups excluding carboxylic acids is 2. The van der Waals surface area contributed by atoms with Crippen molar-refractivity contribution in [3.8, 4) is 0 Å². The summed E-state index contributed by atoms with van der Waals surface area (Å²) in [6, 6.07) is 0. The van der Waals surface area contributed by atoms with Crippen molar-refractivity contribution in [2.45, 2.75) is 71.7 Å². The molecule has 1 rings (SSSR count). The van der Waals surface area contributed by atoms with Crippen molar-refractivity contribution in [3.05, 3.63) is 59.8 Å². The van der Waals surface area contributed by atoms with Crippen LogP contribution in [-0.4, -0.2) is 51.5 Å². The Bertz CT molecular complexity index is 795. The van der Waals surface area contributed by atoms with Crippen molar-refractivity contribution in [1.82, 2.24) is 0 Å². The summed E-state index contributed by atoms with van der Waals surface area (Å²) in [4.78, 5) is 24.7. The number of hydrogen-bond donors (Lipinski definition) is 3. The lowest BCUT2D eigenvalue weighted by molar-refractivity contribution is -0.148. The number of carbonyl (C=O) groups is 2. The average Bonchev–Trinajstić information content (AvgIpc) is 2.68. The minimum atomic E-state index is -1.65. The Balaban J connectivity index is 3.38. The Morgan fingerprint density at radius 1 is 1.32 bits per heavy atom. The van der Waals surface area contributed by atoms with Gasteiger partial charge in [-0.3, -0.25) is 4.79 Å². The maximum Gasteiger partial charge on any atom is 0.331 e. The van der Waals surface area contributed by atoms with E-state index in [4.69, 9.17) is 4.74 Å². The third-order valence-corrected chi connectivity index (χ3v) is 5.33. The minimum absolute atomic E-state index is 0.215. The molecule has 0 amide bonds. The van der Waals surface area contributed by atoms with Crippen LogP contribution < -0.4 is 0 Å². The highest BCUT2D eigenvalue weighted by Gasteiger charge is 2.33. The molecular weight excluding hydrogens is 396 g/mol. The third-order valence-electron chi connectivity index (χ3n) is 5.33. The van der Waals surface area contributed by atoms with Crippen LogP contribution in [0.2, 0.25) is 0 Å². The first-order chi connectivity index (χ1) is 14.3. The number of ether oxygens (including phenoxy) is 1. The zero-order valence-corrected chi connectivity index (χ0v) is 19.2. The highest BCUT2D eigenvalue weighted by molar-refractivity contribution is 6.04. The lowest BCUT2D eigenvalue weighted by Gasteiger charge is -2.30. The Hall–Kier alpha value is -2.28. The summed E-state index contributed by atoms with van der Waals surface area (Å²) in [5.74, 6) is -1.03. The lowest BCUT2D eigenvalue weighted by Crippen LogP contribution is -2.39. The van der Waals surface area contributed by atoms with Gasteiger partial charge in [0.1, 0.15) is 5.60 Å². The van der Waals surface area contributed by atoms with Gasteiger partial charge in [-0.2, -0.15) is 0 Å². The van der Waals surface area contributed by atoms with E-state index in [1.165, 1.54) is 25.2 Å². The van der Waals surface area contributed by atoms with Crippen LogP contribution in [0, 0.1) is 5.41 Å². The fourth-order valence-corrected chi connectivity index (χ4v) is 3.08. The summed E-state index contributed by atoms with van der Waals surface area (Å²) < 4.78 is 5.49. The van der Waals surface area contributed by atoms with Gasteiger partial charge >= 0.3 is 5.97 Å². The van der Waals surface area contributed by atoms with E-state index in [-0.39, 0.29) is 5.57 Å². The van der Waals surface area contributed by atoms with Crippen molar-refractivity contribution in [1.29, 1.82) is 0 Å². The summed E-state index contributed by atoms with van der Waals surface area (Å²) in [5.41, 5.74) is -0.552.